The molecular weight excluding hydrogens is 298 g/mol. The average molecular weight is 321 g/mol. The van der Waals surface area contributed by atoms with Gasteiger partial charge in [-0.15, -0.1) is 0 Å². The van der Waals surface area contributed by atoms with E-state index in [0.717, 1.165) is 19.3 Å². The summed E-state index contributed by atoms with van der Waals surface area (Å²) in [6.45, 7) is 0.678. The lowest BCUT2D eigenvalue weighted by atomic mass is 10.1. The molecule has 2 aromatic heterocycles. The first-order valence-electron chi connectivity index (χ1n) is 8.42. The van der Waals surface area contributed by atoms with Crippen molar-refractivity contribution in [3.05, 3.63) is 66.1 Å². The third-order valence-electron chi connectivity index (χ3n) is 4.31. The zero-order valence-electron chi connectivity index (χ0n) is 14.0. The van der Waals surface area contributed by atoms with Crippen LogP contribution in [0.2, 0.25) is 0 Å². The van der Waals surface area contributed by atoms with Gasteiger partial charge in [0.1, 0.15) is 0 Å². The Balaban J connectivity index is 1.43. The zero-order valence-corrected chi connectivity index (χ0v) is 14.0. The molecule has 4 nitrogen and oxygen atoms in total. The van der Waals surface area contributed by atoms with Crippen molar-refractivity contribution in [2.75, 3.05) is 6.54 Å². The van der Waals surface area contributed by atoms with Crippen LogP contribution in [0.4, 0.5) is 0 Å². The number of nitrogens with one attached hydrogen (secondary N) is 1. The Morgan fingerprint density at radius 2 is 1.92 bits per heavy atom. The molecular formula is C20H23N3O. The normalized spacial score (nSPS) is 10.9. The van der Waals surface area contributed by atoms with Crippen molar-refractivity contribution in [3.8, 4) is 0 Å². The van der Waals surface area contributed by atoms with Crippen molar-refractivity contribution in [3.63, 3.8) is 0 Å². The van der Waals surface area contributed by atoms with Crippen LogP contribution in [-0.4, -0.2) is 22.0 Å². The van der Waals surface area contributed by atoms with Gasteiger partial charge in [0.05, 0.1) is 0 Å². The number of carbonyl (C=O) groups is 1. The monoisotopic (exact) mass is 321 g/mol. The summed E-state index contributed by atoms with van der Waals surface area (Å²) in [6.07, 6.45) is 8.94. The summed E-state index contributed by atoms with van der Waals surface area (Å²) < 4.78 is 2.15. The molecule has 4 heteroatoms. The molecule has 0 fully saturated rings. The van der Waals surface area contributed by atoms with Crippen molar-refractivity contribution >= 4 is 16.8 Å². The van der Waals surface area contributed by atoms with E-state index >= 15 is 0 Å². The van der Waals surface area contributed by atoms with Crippen LogP contribution in [0, 0.1) is 0 Å². The maximum absolute atomic E-state index is 12.0. The van der Waals surface area contributed by atoms with E-state index in [2.05, 4.69) is 52.4 Å². The van der Waals surface area contributed by atoms with Crippen LogP contribution in [0.15, 0.2) is 55.0 Å². The Hall–Kier alpha value is -2.62. The Bertz CT molecular complexity index is 808. The molecule has 0 bridgehead atoms. The lowest BCUT2D eigenvalue weighted by Crippen LogP contribution is -2.25. The summed E-state index contributed by atoms with van der Waals surface area (Å²) in [6, 6.07) is 12.4. The lowest BCUT2D eigenvalue weighted by molar-refractivity contribution is -0.121. The molecule has 0 unspecified atom stereocenters. The third-order valence-corrected chi connectivity index (χ3v) is 4.31. The SMILES string of the molecule is Cn1cc(CCCC(=O)NCCc2ccncc2)c2ccccc21. The fourth-order valence-corrected chi connectivity index (χ4v) is 3.05. The molecule has 0 aliphatic heterocycles. The van der Waals surface area contributed by atoms with E-state index in [1.807, 2.05) is 12.1 Å². The van der Waals surface area contributed by atoms with Gasteiger partial charge < -0.3 is 9.88 Å². The molecule has 124 valence electrons. The summed E-state index contributed by atoms with van der Waals surface area (Å²) >= 11 is 0. The number of aryl methyl sites for hydroxylation is 2. The quantitative estimate of drug-likeness (QED) is 0.726. The molecule has 3 aromatic rings. The summed E-state index contributed by atoms with van der Waals surface area (Å²) in [7, 11) is 2.07. The van der Waals surface area contributed by atoms with Gasteiger partial charge >= 0.3 is 0 Å². The molecule has 0 saturated carbocycles. The van der Waals surface area contributed by atoms with Crippen molar-refractivity contribution in [1.29, 1.82) is 0 Å². The number of amides is 1. The Morgan fingerprint density at radius 3 is 2.75 bits per heavy atom. The Labute approximate surface area is 142 Å². The molecule has 1 N–H and O–H groups in total. The molecule has 1 aromatic carbocycles. The largest absolute Gasteiger partial charge is 0.356 e. The zero-order chi connectivity index (χ0) is 16.8. The second-order valence-corrected chi connectivity index (χ2v) is 6.09. The first-order chi connectivity index (χ1) is 11.7. The molecule has 0 radical (unpaired) electrons. The van der Waals surface area contributed by atoms with Crippen molar-refractivity contribution in [2.24, 2.45) is 7.05 Å². The van der Waals surface area contributed by atoms with Gasteiger partial charge in [-0.1, -0.05) is 18.2 Å². The number of para-hydroxylation sites is 1. The van der Waals surface area contributed by atoms with Crippen LogP contribution in [0.1, 0.15) is 24.0 Å². The highest BCUT2D eigenvalue weighted by Crippen LogP contribution is 2.21. The summed E-state index contributed by atoms with van der Waals surface area (Å²) in [5.74, 6) is 0.129. The number of benzene rings is 1. The lowest BCUT2D eigenvalue weighted by Gasteiger charge is -2.05. The van der Waals surface area contributed by atoms with Crippen LogP contribution in [0.25, 0.3) is 10.9 Å². The van der Waals surface area contributed by atoms with Gasteiger partial charge in [0.2, 0.25) is 5.91 Å². The van der Waals surface area contributed by atoms with E-state index in [9.17, 15) is 4.79 Å². The third kappa shape index (κ3) is 4.02. The number of nitrogens with zero attached hydrogens (tertiary/aromatic N) is 2. The van der Waals surface area contributed by atoms with E-state index in [-0.39, 0.29) is 5.91 Å². The molecule has 1 amide bonds. The minimum atomic E-state index is 0.129. The van der Waals surface area contributed by atoms with Gasteiger partial charge in [-0.05, 0) is 48.6 Å². The smallest absolute Gasteiger partial charge is 0.220 e. The standard InChI is InChI=1S/C20H23N3O/c1-23-15-17(18-6-2-3-7-19(18)23)5-4-8-20(24)22-14-11-16-9-12-21-13-10-16/h2-3,6-7,9-10,12-13,15H,4-5,8,11,14H2,1H3,(H,22,24). The second kappa shape index (κ2) is 7.77. The van der Waals surface area contributed by atoms with Crippen molar-refractivity contribution in [1.82, 2.24) is 14.9 Å². The first kappa shape index (κ1) is 16.2. The summed E-state index contributed by atoms with van der Waals surface area (Å²) in [5, 5.41) is 4.29. The van der Waals surface area contributed by atoms with Crippen molar-refractivity contribution < 1.29 is 4.79 Å². The van der Waals surface area contributed by atoms with Gasteiger partial charge in [0.25, 0.3) is 0 Å². The fraction of sp³-hybridized carbons (Fsp3) is 0.300. The van der Waals surface area contributed by atoms with E-state index in [4.69, 9.17) is 0 Å². The minimum absolute atomic E-state index is 0.129. The predicted octanol–water partition coefficient (Wildman–Crippen LogP) is 3.25. The molecule has 0 spiro atoms. The summed E-state index contributed by atoms with van der Waals surface area (Å²) in [4.78, 5) is 16.0. The number of aromatic nitrogens is 2. The van der Waals surface area contributed by atoms with E-state index in [1.54, 1.807) is 12.4 Å². The maximum atomic E-state index is 12.0. The molecule has 0 saturated heterocycles. The number of carbonyl (C=O) groups excluding carboxylic acids is 1. The molecule has 24 heavy (non-hydrogen) atoms. The Morgan fingerprint density at radius 1 is 1.12 bits per heavy atom. The second-order valence-electron chi connectivity index (χ2n) is 6.09. The molecule has 0 aliphatic carbocycles. The van der Waals surface area contributed by atoms with Crippen LogP contribution >= 0.6 is 0 Å². The van der Waals surface area contributed by atoms with E-state index < -0.39 is 0 Å². The number of fused-ring (bicyclic) bond motifs is 1. The number of rotatable bonds is 7. The number of hydrogen-bond acceptors (Lipinski definition) is 2. The van der Waals surface area contributed by atoms with Gasteiger partial charge in [-0.2, -0.15) is 0 Å². The maximum Gasteiger partial charge on any atom is 0.220 e. The van der Waals surface area contributed by atoms with Crippen LogP contribution < -0.4 is 5.32 Å². The van der Waals surface area contributed by atoms with E-state index in [1.165, 1.54) is 22.0 Å². The highest BCUT2D eigenvalue weighted by atomic mass is 16.1. The van der Waals surface area contributed by atoms with Gasteiger partial charge in [-0.25, -0.2) is 0 Å². The van der Waals surface area contributed by atoms with Crippen LogP contribution in [-0.2, 0) is 24.7 Å². The number of hydrogen-bond donors (Lipinski definition) is 1. The van der Waals surface area contributed by atoms with Crippen molar-refractivity contribution in [2.45, 2.75) is 25.7 Å². The van der Waals surface area contributed by atoms with Crippen LogP contribution in [0.5, 0.6) is 0 Å². The average Bonchev–Trinajstić information content (AvgIpc) is 2.92. The minimum Gasteiger partial charge on any atom is -0.356 e. The van der Waals surface area contributed by atoms with Gasteiger partial charge in [0.15, 0.2) is 0 Å². The van der Waals surface area contributed by atoms with Gasteiger partial charge in [0, 0.05) is 49.5 Å². The predicted molar refractivity (Wildman–Crippen MR) is 96.8 cm³/mol. The Kier molecular flexibility index (Phi) is 5.26. The highest BCUT2D eigenvalue weighted by molar-refractivity contribution is 5.84. The fourth-order valence-electron chi connectivity index (χ4n) is 3.05. The van der Waals surface area contributed by atoms with Crippen LogP contribution in [0.3, 0.4) is 0 Å². The molecule has 0 atom stereocenters. The summed E-state index contributed by atoms with van der Waals surface area (Å²) in [5.41, 5.74) is 3.76. The topological polar surface area (TPSA) is 46.9 Å². The molecule has 2 heterocycles. The molecule has 3 rings (SSSR count). The van der Waals surface area contributed by atoms with Gasteiger partial charge in [-0.3, -0.25) is 9.78 Å². The highest BCUT2D eigenvalue weighted by Gasteiger charge is 2.07. The number of pyridine rings is 1. The molecule has 0 aliphatic rings. The first-order valence-corrected chi connectivity index (χ1v) is 8.42. The van der Waals surface area contributed by atoms with E-state index in [0.29, 0.717) is 13.0 Å².